The lowest BCUT2D eigenvalue weighted by Crippen LogP contribution is -2.28. The second-order valence-corrected chi connectivity index (χ2v) is 9.84. The van der Waals surface area contributed by atoms with Gasteiger partial charge in [0, 0.05) is 24.7 Å². The van der Waals surface area contributed by atoms with Crippen molar-refractivity contribution in [2.24, 2.45) is 0 Å². The van der Waals surface area contributed by atoms with Gasteiger partial charge in [-0.1, -0.05) is 12.1 Å². The highest BCUT2D eigenvalue weighted by Gasteiger charge is 2.24. The highest BCUT2D eigenvalue weighted by atomic mass is 16.6. The number of aromatic hydroxyl groups is 6. The average molecular weight is 579 g/mol. The lowest BCUT2D eigenvalue weighted by molar-refractivity contribution is -0.160. The van der Waals surface area contributed by atoms with Gasteiger partial charge in [-0.15, -0.1) is 0 Å². The number of rotatable bonds is 10. The van der Waals surface area contributed by atoms with Crippen molar-refractivity contribution in [1.82, 2.24) is 0 Å². The zero-order chi connectivity index (χ0) is 30.6. The number of ether oxygens (including phenoxy) is 1. The first-order chi connectivity index (χ1) is 20.0. The zero-order valence-corrected chi connectivity index (χ0v) is 22.3. The normalized spacial score (nSPS) is 13.4. The van der Waals surface area contributed by atoms with Crippen LogP contribution in [0.1, 0.15) is 46.2 Å². The van der Waals surface area contributed by atoms with Gasteiger partial charge in [-0.3, -0.25) is 0 Å². The number of aliphatic hydroxyl groups excluding tert-OH is 1. The van der Waals surface area contributed by atoms with Crippen molar-refractivity contribution in [3.8, 4) is 34.5 Å². The average Bonchev–Trinajstić information content (AvgIpc) is 2.95. The molecule has 0 spiro atoms. The number of benzene rings is 3. The first-order valence-electron chi connectivity index (χ1n) is 13.0. The molecule has 1 aliphatic carbocycles. The summed E-state index contributed by atoms with van der Waals surface area (Å²) in [6.45, 7) is -0.0682. The Labute approximate surface area is 240 Å². The second kappa shape index (κ2) is 12.6. The molecule has 0 unspecified atom stereocenters. The van der Waals surface area contributed by atoms with E-state index in [1.165, 1.54) is 36.4 Å². The first-order valence-corrected chi connectivity index (χ1v) is 13.0. The summed E-state index contributed by atoms with van der Waals surface area (Å²) < 4.78 is 5.11. The largest absolute Gasteiger partial charge is 0.504 e. The summed E-state index contributed by atoms with van der Waals surface area (Å²) in [5.74, 6) is -4.61. The number of carboxylic acids is 1. The smallest absolute Gasteiger partial charge is 0.345 e. The molecule has 0 radical (unpaired) electrons. The van der Waals surface area contributed by atoms with Crippen molar-refractivity contribution in [3.63, 3.8) is 0 Å². The summed E-state index contributed by atoms with van der Waals surface area (Å²) >= 11 is 0. The highest BCUT2D eigenvalue weighted by molar-refractivity contribution is 5.93. The van der Waals surface area contributed by atoms with E-state index in [0.717, 1.165) is 17.7 Å². The van der Waals surface area contributed by atoms with Gasteiger partial charge in [0.1, 0.15) is 0 Å². The standard InChI is InChI=1S/C31H30O11/c32-9-1-2-17-13-25(35)26(36)15-21(17)18-4-6-20-22(12-18)19(14-27(37)30(20)39)5-8-29(38)42-28(31(40)41)11-16-3-7-23(33)24(34)10-16/h3,5,7-8,10,12-15,28,32-37,39H,1-2,4,6,9,11H2,(H,40,41)/b8-5+/t28-/m1/s1. The third kappa shape index (κ3) is 6.58. The van der Waals surface area contributed by atoms with Gasteiger partial charge < -0.3 is 45.6 Å². The summed E-state index contributed by atoms with van der Waals surface area (Å²) in [5, 5.41) is 78.9. The number of fused-ring (bicyclic) bond motifs is 1. The van der Waals surface area contributed by atoms with Gasteiger partial charge in [0.2, 0.25) is 6.10 Å². The summed E-state index contributed by atoms with van der Waals surface area (Å²) in [7, 11) is 0. The number of aliphatic carboxylic acids is 1. The molecule has 42 heavy (non-hydrogen) atoms. The third-order valence-electron chi connectivity index (χ3n) is 6.96. The van der Waals surface area contributed by atoms with Gasteiger partial charge in [-0.25, -0.2) is 9.59 Å². The molecule has 0 aliphatic heterocycles. The summed E-state index contributed by atoms with van der Waals surface area (Å²) in [6.07, 6.45) is 3.72. The molecule has 8 N–H and O–H groups in total. The van der Waals surface area contributed by atoms with Crippen LogP contribution in [0.3, 0.4) is 0 Å². The molecule has 0 amide bonds. The zero-order valence-electron chi connectivity index (χ0n) is 22.3. The number of carbonyl (C=O) groups is 2. The number of phenolic OH excluding ortho intramolecular Hbond substituents is 6. The predicted molar refractivity (Wildman–Crippen MR) is 151 cm³/mol. The van der Waals surface area contributed by atoms with Crippen LogP contribution in [-0.2, 0) is 33.6 Å². The summed E-state index contributed by atoms with van der Waals surface area (Å²) in [5.41, 5.74) is 3.60. The Hall–Kier alpha value is -5.16. The van der Waals surface area contributed by atoms with Crippen LogP contribution in [0.4, 0.5) is 0 Å². The molecule has 0 fully saturated rings. The Bertz CT molecular complexity index is 1590. The molecule has 0 aromatic heterocycles. The van der Waals surface area contributed by atoms with Crippen molar-refractivity contribution in [2.45, 2.75) is 38.2 Å². The van der Waals surface area contributed by atoms with Gasteiger partial charge in [-0.05, 0) is 95.5 Å². The van der Waals surface area contributed by atoms with Crippen LogP contribution < -0.4 is 0 Å². The molecular formula is C31H30O11. The maximum absolute atomic E-state index is 12.6. The van der Waals surface area contributed by atoms with Crippen LogP contribution in [0.25, 0.3) is 17.7 Å². The van der Waals surface area contributed by atoms with Crippen molar-refractivity contribution in [1.29, 1.82) is 0 Å². The van der Waals surface area contributed by atoms with Gasteiger partial charge in [0.25, 0.3) is 0 Å². The van der Waals surface area contributed by atoms with E-state index in [1.54, 1.807) is 6.08 Å². The monoisotopic (exact) mass is 578 g/mol. The molecule has 3 aromatic rings. The number of aryl methyl sites for hydroxylation is 1. The number of carboxylic acid groups (broad SMARTS) is 1. The minimum atomic E-state index is -1.60. The van der Waals surface area contributed by atoms with Crippen molar-refractivity contribution in [2.75, 3.05) is 6.61 Å². The predicted octanol–water partition coefficient (Wildman–Crippen LogP) is 3.58. The fraction of sp³-hybridized carbons (Fsp3) is 0.226. The van der Waals surface area contributed by atoms with E-state index < -0.39 is 29.5 Å². The molecule has 220 valence electrons. The van der Waals surface area contributed by atoms with Gasteiger partial charge >= 0.3 is 11.9 Å². The van der Waals surface area contributed by atoms with Crippen LogP contribution in [0.5, 0.6) is 34.5 Å². The lowest BCUT2D eigenvalue weighted by atomic mass is 9.83. The lowest BCUT2D eigenvalue weighted by Gasteiger charge is -2.22. The van der Waals surface area contributed by atoms with Crippen LogP contribution in [0, 0.1) is 0 Å². The van der Waals surface area contributed by atoms with Crippen LogP contribution in [-0.4, -0.2) is 65.5 Å². The maximum atomic E-state index is 12.6. The molecule has 0 bridgehead atoms. The van der Waals surface area contributed by atoms with Crippen LogP contribution in [0.15, 0.2) is 42.5 Å². The Balaban J connectivity index is 1.64. The fourth-order valence-corrected chi connectivity index (χ4v) is 4.85. The molecule has 1 atom stereocenters. The van der Waals surface area contributed by atoms with Gasteiger partial charge in [-0.2, -0.15) is 0 Å². The number of allylic oxidation sites excluding steroid dienone is 1. The third-order valence-corrected chi connectivity index (χ3v) is 6.96. The quantitative estimate of drug-likeness (QED) is 0.0991. The van der Waals surface area contributed by atoms with E-state index in [-0.39, 0.29) is 36.0 Å². The number of aliphatic hydroxyl groups is 1. The van der Waals surface area contributed by atoms with Gasteiger partial charge in [0.05, 0.1) is 0 Å². The molecule has 0 saturated heterocycles. The molecule has 0 heterocycles. The summed E-state index contributed by atoms with van der Waals surface area (Å²) in [4.78, 5) is 24.3. The van der Waals surface area contributed by atoms with E-state index >= 15 is 0 Å². The minimum Gasteiger partial charge on any atom is -0.504 e. The van der Waals surface area contributed by atoms with Crippen molar-refractivity contribution >= 4 is 29.7 Å². The van der Waals surface area contributed by atoms with E-state index in [4.69, 9.17) is 4.74 Å². The van der Waals surface area contributed by atoms with Crippen molar-refractivity contribution in [3.05, 3.63) is 75.9 Å². The second-order valence-electron chi connectivity index (χ2n) is 9.84. The molecule has 11 heteroatoms. The van der Waals surface area contributed by atoms with E-state index in [9.17, 15) is 50.4 Å². The molecule has 0 saturated carbocycles. The summed E-state index contributed by atoms with van der Waals surface area (Å²) in [6, 6.07) is 7.82. The van der Waals surface area contributed by atoms with E-state index in [0.29, 0.717) is 59.1 Å². The number of hydrogen-bond donors (Lipinski definition) is 8. The number of hydrogen-bond acceptors (Lipinski definition) is 10. The minimum absolute atomic E-state index is 0.0682. The molecule has 3 aromatic carbocycles. The molecule has 11 nitrogen and oxygen atoms in total. The first kappa shape index (κ1) is 29.8. The fourth-order valence-electron chi connectivity index (χ4n) is 4.85. The SMILES string of the molecule is O=C(/C=C/c1cc(O)c(O)c2c1C=C(c1cc(O)c(O)cc1CCCO)CC2)O[C@H](Cc1ccc(O)c(O)c1)C(=O)O. The van der Waals surface area contributed by atoms with Crippen LogP contribution >= 0.6 is 0 Å². The molecule has 4 rings (SSSR count). The Morgan fingerprint density at radius 3 is 2.29 bits per heavy atom. The Morgan fingerprint density at radius 2 is 1.60 bits per heavy atom. The number of esters is 1. The van der Waals surface area contributed by atoms with Crippen molar-refractivity contribution < 1.29 is 55.2 Å². The van der Waals surface area contributed by atoms with E-state index in [2.05, 4.69) is 0 Å². The molecular weight excluding hydrogens is 548 g/mol. The molecule has 1 aliphatic rings. The van der Waals surface area contributed by atoms with Gasteiger partial charge in [0.15, 0.2) is 34.5 Å². The Kier molecular flexibility index (Phi) is 8.92. The maximum Gasteiger partial charge on any atom is 0.345 e. The number of phenols is 6. The number of carbonyl (C=O) groups excluding carboxylic acids is 1. The van der Waals surface area contributed by atoms with E-state index in [1.807, 2.05) is 0 Å². The van der Waals surface area contributed by atoms with Crippen LogP contribution in [0.2, 0.25) is 0 Å². The highest BCUT2D eigenvalue weighted by Crippen LogP contribution is 2.43. The Morgan fingerprint density at radius 1 is 0.881 bits per heavy atom. The topological polar surface area (TPSA) is 205 Å².